The maximum Gasteiger partial charge on any atom is 0.407 e. The number of hydrogen-bond acceptors (Lipinski definition) is 5. The van der Waals surface area contributed by atoms with Crippen molar-refractivity contribution in [3.8, 4) is 5.75 Å². The molecule has 1 aliphatic heterocycles. The molecule has 0 fully saturated rings. The van der Waals surface area contributed by atoms with Gasteiger partial charge in [-0.1, -0.05) is 53.5 Å². The van der Waals surface area contributed by atoms with Crippen molar-refractivity contribution < 1.29 is 23.9 Å². The number of nitrogens with one attached hydrogen (secondary N) is 2. The Labute approximate surface area is 237 Å². The number of fused-ring (bicyclic) bond motifs is 1. The maximum absolute atomic E-state index is 12.8. The topological polar surface area (TPSA) is 97.0 Å². The average Bonchev–Trinajstić information content (AvgIpc) is 3.19. The first-order chi connectivity index (χ1) is 18.5. The Morgan fingerprint density at radius 2 is 1.67 bits per heavy atom. The molecule has 39 heavy (non-hydrogen) atoms. The van der Waals surface area contributed by atoms with Gasteiger partial charge in [-0.25, -0.2) is 4.79 Å². The first kappa shape index (κ1) is 28.3. The molecule has 0 atom stereocenters. The van der Waals surface area contributed by atoms with Crippen molar-refractivity contribution in [2.24, 2.45) is 0 Å². The van der Waals surface area contributed by atoms with E-state index < -0.39 is 17.6 Å². The highest BCUT2D eigenvalue weighted by Gasteiger charge is 2.26. The van der Waals surface area contributed by atoms with E-state index in [9.17, 15) is 14.4 Å². The van der Waals surface area contributed by atoms with Crippen molar-refractivity contribution in [3.63, 3.8) is 0 Å². The van der Waals surface area contributed by atoms with Crippen LogP contribution >= 0.6 is 23.2 Å². The Morgan fingerprint density at radius 3 is 2.31 bits per heavy atom. The first-order valence-corrected chi connectivity index (χ1v) is 13.1. The van der Waals surface area contributed by atoms with Crippen LogP contribution < -0.4 is 15.4 Å². The van der Waals surface area contributed by atoms with Gasteiger partial charge < -0.3 is 25.0 Å². The van der Waals surface area contributed by atoms with Crippen LogP contribution in [-0.2, 0) is 17.8 Å². The second kappa shape index (κ2) is 12.0. The number of rotatable bonds is 8. The van der Waals surface area contributed by atoms with Crippen molar-refractivity contribution in [3.05, 3.63) is 93.0 Å². The van der Waals surface area contributed by atoms with Gasteiger partial charge >= 0.3 is 6.09 Å². The van der Waals surface area contributed by atoms with Crippen molar-refractivity contribution in [2.45, 2.75) is 39.5 Å². The highest BCUT2D eigenvalue weighted by atomic mass is 35.5. The van der Waals surface area contributed by atoms with Gasteiger partial charge in [0.05, 0.1) is 16.6 Å². The first-order valence-electron chi connectivity index (χ1n) is 12.4. The molecular weight excluding hydrogens is 541 g/mol. The summed E-state index contributed by atoms with van der Waals surface area (Å²) < 4.78 is 11.0. The molecule has 4 rings (SSSR count). The number of ether oxygens (including phenoxy) is 2. The van der Waals surface area contributed by atoms with Gasteiger partial charge in [0.2, 0.25) is 0 Å². The molecular formula is C29H29Cl2N3O5. The molecule has 0 radical (unpaired) electrons. The molecule has 2 N–H and O–H groups in total. The van der Waals surface area contributed by atoms with E-state index in [0.29, 0.717) is 24.3 Å². The zero-order valence-electron chi connectivity index (χ0n) is 21.8. The molecule has 0 aromatic heterocycles. The van der Waals surface area contributed by atoms with Gasteiger partial charge in [-0.2, -0.15) is 0 Å². The molecule has 0 saturated carbocycles. The van der Waals surface area contributed by atoms with Crippen molar-refractivity contribution in [1.82, 2.24) is 10.2 Å². The van der Waals surface area contributed by atoms with E-state index in [1.165, 1.54) is 12.1 Å². The van der Waals surface area contributed by atoms with E-state index >= 15 is 0 Å². The fraction of sp³-hybridized carbons (Fsp3) is 0.276. The third-order valence-corrected chi connectivity index (χ3v) is 6.37. The Hall–Kier alpha value is -3.75. The van der Waals surface area contributed by atoms with Gasteiger partial charge in [-0.15, -0.1) is 0 Å². The van der Waals surface area contributed by atoms with Crippen LogP contribution in [0.3, 0.4) is 0 Å². The molecule has 204 valence electrons. The highest BCUT2D eigenvalue weighted by Crippen LogP contribution is 2.34. The van der Waals surface area contributed by atoms with Crippen LogP contribution in [0.5, 0.6) is 5.75 Å². The van der Waals surface area contributed by atoms with Crippen LogP contribution in [0.15, 0.2) is 60.7 Å². The summed E-state index contributed by atoms with van der Waals surface area (Å²) in [6.07, 6.45) is -0.504. The van der Waals surface area contributed by atoms with Crippen LogP contribution in [0.2, 0.25) is 10.0 Å². The summed E-state index contributed by atoms with van der Waals surface area (Å²) in [6, 6.07) is 17.5. The number of benzene rings is 3. The minimum Gasteiger partial charge on any atom is -0.489 e. The van der Waals surface area contributed by atoms with Gasteiger partial charge in [0.15, 0.2) is 5.75 Å². The third kappa shape index (κ3) is 7.43. The highest BCUT2D eigenvalue weighted by molar-refractivity contribution is 6.37. The second-order valence-corrected chi connectivity index (χ2v) is 10.8. The summed E-state index contributed by atoms with van der Waals surface area (Å²) in [6.45, 7) is 6.76. The van der Waals surface area contributed by atoms with Crippen LogP contribution in [0.4, 0.5) is 10.5 Å². The molecule has 0 unspecified atom stereocenters. The van der Waals surface area contributed by atoms with Crippen LogP contribution in [0, 0.1) is 0 Å². The molecule has 1 aliphatic rings. The number of hydrogen-bond donors (Lipinski definition) is 2. The lowest BCUT2D eigenvalue weighted by Crippen LogP contribution is -2.32. The van der Waals surface area contributed by atoms with Crippen LogP contribution in [0.25, 0.3) is 0 Å². The van der Waals surface area contributed by atoms with E-state index in [-0.39, 0.29) is 40.4 Å². The zero-order valence-corrected chi connectivity index (χ0v) is 23.4. The number of alkyl carbamates (subject to hydrolysis) is 1. The van der Waals surface area contributed by atoms with Gasteiger partial charge in [-0.05, 0) is 62.2 Å². The molecule has 10 heteroatoms. The Kier molecular flexibility index (Phi) is 8.67. The summed E-state index contributed by atoms with van der Waals surface area (Å²) in [5.74, 6) is -0.183. The number of amides is 3. The van der Waals surface area contributed by atoms with Crippen molar-refractivity contribution in [1.29, 1.82) is 0 Å². The smallest absolute Gasteiger partial charge is 0.407 e. The molecule has 0 aliphatic carbocycles. The normalized spacial score (nSPS) is 12.6. The quantitative estimate of drug-likeness (QED) is 0.331. The second-order valence-electron chi connectivity index (χ2n) is 10.0. The number of halogens is 2. The largest absolute Gasteiger partial charge is 0.489 e. The van der Waals surface area contributed by atoms with E-state index in [2.05, 4.69) is 10.6 Å². The lowest BCUT2D eigenvalue weighted by Gasteiger charge is -2.19. The summed E-state index contributed by atoms with van der Waals surface area (Å²) >= 11 is 12.8. The summed E-state index contributed by atoms with van der Waals surface area (Å²) in [5, 5.41) is 5.86. The molecule has 0 bridgehead atoms. The minimum atomic E-state index is -0.574. The SMILES string of the molecule is CC(C)(C)OC(=O)NCc1ccc(NC(=O)c2cc(Cl)c(OCCN3Cc4ccccc4C3=O)c(Cl)c2)cc1. The van der Waals surface area contributed by atoms with E-state index in [4.69, 9.17) is 32.7 Å². The Morgan fingerprint density at radius 1 is 1.00 bits per heavy atom. The monoisotopic (exact) mass is 569 g/mol. The van der Waals surface area contributed by atoms with Gasteiger partial charge in [0, 0.05) is 29.9 Å². The fourth-order valence-corrected chi connectivity index (χ4v) is 4.58. The van der Waals surface area contributed by atoms with E-state index in [1.54, 1.807) is 49.9 Å². The van der Waals surface area contributed by atoms with Crippen LogP contribution in [0.1, 0.15) is 52.6 Å². The Bertz CT molecular complexity index is 1360. The molecule has 3 aromatic carbocycles. The predicted molar refractivity (Wildman–Crippen MR) is 151 cm³/mol. The number of carbonyl (C=O) groups excluding carboxylic acids is 3. The average molecular weight is 570 g/mol. The number of anilines is 1. The lowest BCUT2D eigenvalue weighted by molar-refractivity contribution is 0.0523. The van der Waals surface area contributed by atoms with E-state index in [0.717, 1.165) is 11.1 Å². The van der Waals surface area contributed by atoms with Crippen molar-refractivity contribution in [2.75, 3.05) is 18.5 Å². The lowest BCUT2D eigenvalue weighted by atomic mass is 10.1. The fourth-order valence-electron chi connectivity index (χ4n) is 3.98. The molecule has 0 saturated heterocycles. The predicted octanol–water partition coefficient (Wildman–Crippen LogP) is 6.31. The zero-order chi connectivity index (χ0) is 28.2. The summed E-state index contributed by atoms with van der Waals surface area (Å²) in [7, 11) is 0. The van der Waals surface area contributed by atoms with Gasteiger partial charge in [-0.3, -0.25) is 9.59 Å². The molecule has 3 aromatic rings. The summed E-state index contributed by atoms with van der Waals surface area (Å²) in [4.78, 5) is 38.8. The Balaban J connectivity index is 1.29. The molecule has 1 heterocycles. The number of carbonyl (C=O) groups is 3. The van der Waals surface area contributed by atoms with Crippen molar-refractivity contribution >= 4 is 46.8 Å². The molecule has 0 spiro atoms. The standard InChI is InChI=1S/C29H29Cl2N3O5/c1-29(2,3)39-28(37)32-16-18-8-10-21(11-9-18)33-26(35)20-14-23(30)25(24(31)15-20)38-13-12-34-17-19-6-4-5-7-22(19)27(34)36/h4-11,14-15H,12-13,16-17H2,1-3H3,(H,32,37)(H,33,35). The molecule has 3 amide bonds. The molecule has 8 nitrogen and oxygen atoms in total. The van der Waals surface area contributed by atoms with Crippen LogP contribution in [-0.4, -0.2) is 41.6 Å². The van der Waals surface area contributed by atoms with E-state index in [1.807, 2.05) is 24.3 Å². The maximum atomic E-state index is 12.8. The van der Waals surface area contributed by atoms with Gasteiger partial charge in [0.1, 0.15) is 12.2 Å². The van der Waals surface area contributed by atoms with Gasteiger partial charge in [0.25, 0.3) is 11.8 Å². The third-order valence-electron chi connectivity index (χ3n) is 5.81. The summed E-state index contributed by atoms with van der Waals surface area (Å²) in [5.41, 5.74) is 2.78. The number of nitrogens with zero attached hydrogens (tertiary/aromatic N) is 1. The minimum absolute atomic E-state index is 0.0363.